The maximum atomic E-state index is 4.95. The highest BCUT2D eigenvalue weighted by Crippen LogP contribution is 2.35. The summed E-state index contributed by atoms with van der Waals surface area (Å²) < 4.78 is 0. The largest absolute Gasteiger partial charge is 0.317 e. The molecule has 1 aliphatic rings. The molecule has 1 aromatic heterocycles. The SMILES string of the molecule is CC(C)CC(C)(C)c1nc(C2CCNCC2)cs1. The van der Waals surface area contributed by atoms with E-state index in [1.165, 1.54) is 30.0 Å². The number of thiazole rings is 1. The van der Waals surface area contributed by atoms with Gasteiger partial charge in [0.1, 0.15) is 0 Å². The van der Waals surface area contributed by atoms with E-state index in [4.69, 9.17) is 4.98 Å². The van der Waals surface area contributed by atoms with Crippen LogP contribution in [0.1, 0.15) is 63.6 Å². The predicted octanol–water partition coefficient (Wildman–Crippen LogP) is 3.93. The van der Waals surface area contributed by atoms with Gasteiger partial charge in [-0.25, -0.2) is 4.98 Å². The van der Waals surface area contributed by atoms with Crippen molar-refractivity contribution in [2.45, 2.75) is 58.3 Å². The molecule has 0 aliphatic carbocycles. The van der Waals surface area contributed by atoms with Crippen LogP contribution in [0.25, 0.3) is 0 Å². The summed E-state index contributed by atoms with van der Waals surface area (Å²) in [7, 11) is 0. The van der Waals surface area contributed by atoms with Gasteiger partial charge >= 0.3 is 0 Å². The van der Waals surface area contributed by atoms with Crippen molar-refractivity contribution < 1.29 is 0 Å². The fraction of sp³-hybridized carbons (Fsp3) is 0.800. The molecule has 3 heteroatoms. The molecule has 0 radical (unpaired) electrons. The first-order chi connectivity index (χ1) is 8.49. The van der Waals surface area contributed by atoms with Crippen LogP contribution < -0.4 is 5.32 Å². The average Bonchev–Trinajstić information content (AvgIpc) is 2.78. The van der Waals surface area contributed by atoms with E-state index in [0.29, 0.717) is 5.92 Å². The van der Waals surface area contributed by atoms with Gasteiger partial charge in [-0.05, 0) is 38.3 Å². The van der Waals surface area contributed by atoms with E-state index in [1.807, 2.05) is 11.3 Å². The molecule has 0 saturated carbocycles. The van der Waals surface area contributed by atoms with Crippen molar-refractivity contribution in [2.24, 2.45) is 5.92 Å². The number of hydrogen-bond acceptors (Lipinski definition) is 3. The van der Waals surface area contributed by atoms with Crippen LogP contribution in [0.5, 0.6) is 0 Å². The predicted molar refractivity (Wildman–Crippen MR) is 79.4 cm³/mol. The van der Waals surface area contributed by atoms with Crippen LogP contribution in [0, 0.1) is 5.92 Å². The highest BCUT2D eigenvalue weighted by atomic mass is 32.1. The Balaban J connectivity index is 2.09. The van der Waals surface area contributed by atoms with E-state index in [0.717, 1.165) is 19.0 Å². The molecule has 0 atom stereocenters. The molecular weight excluding hydrogens is 240 g/mol. The summed E-state index contributed by atoms with van der Waals surface area (Å²) in [6, 6.07) is 0. The Labute approximate surface area is 115 Å². The molecule has 1 aliphatic heterocycles. The standard InChI is InChI=1S/C15H26N2S/c1-11(2)9-15(3,4)14-17-13(10-18-14)12-5-7-16-8-6-12/h10-12,16H,5-9H2,1-4H3. The topological polar surface area (TPSA) is 24.9 Å². The molecule has 2 rings (SSSR count). The third-order valence-electron chi connectivity index (χ3n) is 3.78. The normalized spacial score (nSPS) is 18.5. The van der Waals surface area contributed by atoms with Crippen molar-refractivity contribution in [2.75, 3.05) is 13.1 Å². The molecule has 2 heterocycles. The van der Waals surface area contributed by atoms with Crippen LogP contribution in [0.2, 0.25) is 0 Å². The third kappa shape index (κ3) is 3.33. The molecule has 18 heavy (non-hydrogen) atoms. The van der Waals surface area contributed by atoms with E-state index in [9.17, 15) is 0 Å². The highest BCUT2D eigenvalue weighted by Gasteiger charge is 2.27. The van der Waals surface area contributed by atoms with Crippen LogP contribution in [0.4, 0.5) is 0 Å². The van der Waals surface area contributed by atoms with Gasteiger partial charge < -0.3 is 5.32 Å². The first-order valence-electron chi connectivity index (χ1n) is 7.15. The van der Waals surface area contributed by atoms with E-state index in [-0.39, 0.29) is 5.41 Å². The summed E-state index contributed by atoms with van der Waals surface area (Å²) in [5.74, 6) is 1.41. The lowest BCUT2D eigenvalue weighted by Crippen LogP contribution is -2.27. The number of nitrogens with zero attached hydrogens (tertiary/aromatic N) is 1. The molecular formula is C15H26N2S. The number of nitrogens with one attached hydrogen (secondary N) is 1. The van der Waals surface area contributed by atoms with Gasteiger partial charge in [-0.3, -0.25) is 0 Å². The summed E-state index contributed by atoms with van der Waals surface area (Å²) in [6.07, 6.45) is 3.70. The second kappa shape index (κ2) is 5.70. The molecule has 1 aromatic rings. The Hall–Kier alpha value is -0.410. The average molecular weight is 266 g/mol. The van der Waals surface area contributed by atoms with Gasteiger partial charge in [-0.15, -0.1) is 11.3 Å². The molecule has 0 amide bonds. The second-order valence-corrected chi connectivity index (χ2v) is 7.44. The third-order valence-corrected chi connectivity index (χ3v) is 5.00. The minimum Gasteiger partial charge on any atom is -0.317 e. The van der Waals surface area contributed by atoms with Gasteiger partial charge in [0.25, 0.3) is 0 Å². The van der Waals surface area contributed by atoms with Crippen molar-refractivity contribution >= 4 is 11.3 Å². The molecule has 0 unspecified atom stereocenters. The minimum atomic E-state index is 0.226. The molecule has 0 aromatic carbocycles. The van der Waals surface area contributed by atoms with Crippen LogP contribution in [-0.2, 0) is 5.41 Å². The minimum absolute atomic E-state index is 0.226. The zero-order valence-electron chi connectivity index (χ0n) is 12.1. The molecule has 0 bridgehead atoms. The van der Waals surface area contributed by atoms with Crippen LogP contribution >= 0.6 is 11.3 Å². The lowest BCUT2D eigenvalue weighted by atomic mass is 9.84. The Bertz CT molecular complexity index is 376. The Kier molecular flexibility index (Phi) is 4.44. The van der Waals surface area contributed by atoms with E-state index in [2.05, 4.69) is 38.4 Å². The summed E-state index contributed by atoms with van der Waals surface area (Å²) in [4.78, 5) is 4.95. The summed E-state index contributed by atoms with van der Waals surface area (Å²) in [5, 5.41) is 7.05. The zero-order valence-corrected chi connectivity index (χ0v) is 12.9. The number of hydrogen-bond donors (Lipinski definition) is 1. The van der Waals surface area contributed by atoms with E-state index < -0.39 is 0 Å². The smallest absolute Gasteiger partial charge is 0.0984 e. The molecule has 0 spiro atoms. The Morgan fingerprint density at radius 3 is 2.67 bits per heavy atom. The van der Waals surface area contributed by atoms with E-state index >= 15 is 0 Å². The quantitative estimate of drug-likeness (QED) is 0.893. The van der Waals surface area contributed by atoms with Crippen molar-refractivity contribution in [3.8, 4) is 0 Å². The summed E-state index contributed by atoms with van der Waals surface area (Å²) >= 11 is 1.86. The van der Waals surface area contributed by atoms with Gasteiger partial charge in [0, 0.05) is 16.7 Å². The van der Waals surface area contributed by atoms with E-state index in [1.54, 1.807) is 0 Å². The van der Waals surface area contributed by atoms with Crippen LogP contribution in [0.3, 0.4) is 0 Å². The fourth-order valence-corrected chi connectivity index (χ4v) is 4.05. The first kappa shape index (κ1) is 14.0. The van der Waals surface area contributed by atoms with Gasteiger partial charge in [-0.2, -0.15) is 0 Å². The maximum Gasteiger partial charge on any atom is 0.0984 e. The van der Waals surface area contributed by atoms with Gasteiger partial charge in [0.2, 0.25) is 0 Å². The van der Waals surface area contributed by atoms with Crippen molar-refractivity contribution in [3.63, 3.8) is 0 Å². The van der Waals surface area contributed by atoms with Crippen LogP contribution in [0.15, 0.2) is 5.38 Å². The Morgan fingerprint density at radius 1 is 1.39 bits per heavy atom. The maximum absolute atomic E-state index is 4.95. The fourth-order valence-electron chi connectivity index (χ4n) is 3.01. The lowest BCUT2D eigenvalue weighted by molar-refractivity contribution is 0.395. The summed E-state index contributed by atoms with van der Waals surface area (Å²) in [5.41, 5.74) is 1.57. The highest BCUT2D eigenvalue weighted by molar-refractivity contribution is 7.09. The number of rotatable bonds is 4. The van der Waals surface area contributed by atoms with Gasteiger partial charge in [-0.1, -0.05) is 27.7 Å². The summed E-state index contributed by atoms with van der Waals surface area (Å²) in [6.45, 7) is 11.5. The first-order valence-corrected chi connectivity index (χ1v) is 8.03. The molecule has 2 nitrogen and oxygen atoms in total. The lowest BCUT2D eigenvalue weighted by Gasteiger charge is -2.24. The zero-order chi connectivity index (χ0) is 13.2. The monoisotopic (exact) mass is 266 g/mol. The molecule has 1 N–H and O–H groups in total. The van der Waals surface area contributed by atoms with Gasteiger partial charge in [0.05, 0.1) is 10.7 Å². The molecule has 1 fully saturated rings. The molecule has 102 valence electrons. The van der Waals surface area contributed by atoms with Gasteiger partial charge in [0.15, 0.2) is 0 Å². The Morgan fingerprint density at radius 2 is 2.06 bits per heavy atom. The number of piperidine rings is 1. The van der Waals surface area contributed by atoms with Crippen molar-refractivity contribution in [1.82, 2.24) is 10.3 Å². The second-order valence-electron chi connectivity index (χ2n) is 6.58. The van der Waals surface area contributed by atoms with Crippen molar-refractivity contribution in [3.05, 3.63) is 16.1 Å². The van der Waals surface area contributed by atoms with Crippen LogP contribution in [-0.4, -0.2) is 18.1 Å². The molecule has 1 saturated heterocycles. The van der Waals surface area contributed by atoms with Crippen molar-refractivity contribution in [1.29, 1.82) is 0 Å². The number of aromatic nitrogens is 1.